The van der Waals surface area contributed by atoms with Crippen LogP contribution >= 0.6 is 0 Å². The van der Waals surface area contributed by atoms with Gasteiger partial charge in [-0.2, -0.15) is 0 Å². The van der Waals surface area contributed by atoms with Gasteiger partial charge in [0.25, 0.3) is 0 Å². The van der Waals surface area contributed by atoms with Crippen LogP contribution in [0.4, 0.5) is 0 Å². The molecule has 0 aromatic rings. The fourth-order valence-corrected chi connectivity index (χ4v) is 0.528. The van der Waals surface area contributed by atoms with E-state index in [4.69, 9.17) is 4.84 Å². The minimum absolute atomic E-state index is 0. The Hall–Kier alpha value is 0.806. The van der Waals surface area contributed by atoms with Crippen molar-refractivity contribution < 1.29 is 9.63 Å². The van der Waals surface area contributed by atoms with Crippen molar-refractivity contribution in [3.63, 3.8) is 0 Å². The van der Waals surface area contributed by atoms with Crippen LogP contribution in [0.5, 0.6) is 0 Å². The number of hydrogen-bond donors (Lipinski definition) is 1. The topological polar surface area (TPSA) is 38.3 Å². The van der Waals surface area contributed by atoms with Gasteiger partial charge in [0.05, 0.1) is 6.54 Å². The summed E-state index contributed by atoms with van der Waals surface area (Å²) in [5.41, 5.74) is 2.47. The first-order chi connectivity index (χ1) is 3.79. The SMILES string of the molecule is CC1=CC(=O)CNO1.[K]. The molecule has 0 atom stereocenters. The van der Waals surface area contributed by atoms with Crippen LogP contribution in [-0.2, 0) is 9.63 Å². The fraction of sp³-hybridized carbons (Fsp3) is 0.400. The standard InChI is InChI=1S/C5H7NO2.K/c1-4-2-5(7)3-6-8-4;/h2,6H,3H2,1H3;. The number of carbonyl (C=O) groups is 1. The molecular formula is C5H7KNO2. The molecule has 45 valence electrons. The predicted octanol–water partition coefficient (Wildman–Crippen LogP) is -0.387. The van der Waals surface area contributed by atoms with E-state index in [2.05, 4.69) is 5.48 Å². The van der Waals surface area contributed by atoms with E-state index >= 15 is 0 Å². The van der Waals surface area contributed by atoms with E-state index in [0.29, 0.717) is 5.76 Å². The van der Waals surface area contributed by atoms with Crippen LogP contribution in [0.15, 0.2) is 11.8 Å². The quantitative estimate of drug-likeness (QED) is 0.481. The number of ketones is 1. The summed E-state index contributed by atoms with van der Waals surface area (Å²) in [6, 6.07) is 0. The summed E-state index contributed by atoms with van der Waals surface area (Å²) in [6.07, 6.45) is 1.47. The van der Waals surface area contributed by atoms with Gasteiger partial charge < -0.3 is 4.84 Å². The second-order valence-corrected chi connectivity index (χ2v) is 1.64. The zero-order valence-electron chi connectivity index (χ0n) is 5.60. The Bertz CT molecular complexity index is 144. The molecule has 3 nitrogen and oxygen atoms in total. The molecule has 0 aliphatic carbocycles. The van der Waals surface area contributed by atoms with Crippen molar-refractivity contribution in [3.05, 3.63) is 11.8 Å². The van der Waals surface area contributed by atoms with Crippen LogP contribution in [0, 0.1) is 0 Å². The maximum Gasteiger partial charge on any atom is 0.176 e. The van der Waals surface area contributed by atoms with Crippen molar-refractivity contribution in [2.75, 3.05) is 6.54 Å². The third-order valence-corrected chi connectivity index (χ3v) is 0.844. The molecule has 1 radical (unpaired) electrons. The Balaban J connectivity index is 0.000000640. The Morgan fingerprint density at radius 2 is 2.44 bits per heavy atom. The molecule has 1 rings (SSSR count). The number of hydrogen-bond acceptors (Lipinski definition) is 3. The first kappa shape index (κ1) is 9.81. The zero-order valence-corrected chi connectivity index (χ0v) is 8.72. The number of allylic oxidation sites excluding steroid dienone is 1. The largest absolute Gasteiger partial charge is 0.413 e. The zero-order chi connectivity index (χ0) is 5.98. The first-order valence-corrected chi connectivity index (χ1v) is 2.40. The van der Waals surface area contributed by atoms with Gasteiger partial charge in [-0.3, -0.25) is 4.79 Å². The van der Waals surface area contributed by atoms with Crippen LogP contribution < -0.4 is 5.48 Å². The van der Waals surface area contributed by atoms with Gasteiger partial charge in [0.15, 0.2) is 5.78 Å². The van der Waals surface area contributed by atoms with Gasteiger partial charge in [-0.15, -0.1) is 5.48 Å². The van der Waals surface area contributed by atoms with Gasteiger partial charge in [0, 0.05) is 57.5 Å². The number of rotatable bonds is 0. The van der Waals surface area contributed by atoms with E-state index in [-0.39, 0.29) is 63.7 Å². The summed E-state index contributed by atoms with van der Waals surface area (Å²) in [4.78, 5) is 15.2. The average Bonchev–Trinajstić information content (AvgIpc) is 1.64. The van der Waals surface area contributed by atoms with Crippen LogP contribution in [0.25, 0.3) is 0 Å². The van der Waals surface area contributed by atoms with Crippen LogP contribution in [0.3, 0.4) is 0 Å². The van der Waals surface area contributed by atoms with E-state index in [1.165, 1.54) is 6.08 Å². The second-order valence-electron chi connectivity index (χ2n) is 1.64. The summed E-state index contributed by atoms with van der Waals surface area (Å²) in [6.45, 7) is 2.02. The van der Waals surface area contributed by atoms with Crippen molar-refractivity contribution >= 4 is 57.2 Å². The van der Waals surface area contributed by atoms with Crippen molar-refractivity contribution in [3.8, 4) is 0 Å². The second kappa shape index (κ2) is 4.60. The number of nitrogens with one attached hydrogen (secondary N) is 1. The van der Waals surface area contributed by atoms with Gasteiger partial charge in [-0.25, -0.2) is 0 Å². The van der Waals surface area contributed by atoms with Crippen LogP contribution in [0.2, 0.25) is 0 Å². The van der Waals surface area contributed by atoms with Gasteiger partial charge >= 0.3 is 0 Å². The Morgan fingerprint density at radius 1 is 1.78 bits per heavy atom. The van der Waals surface area contributed by atoms with Crippen molar-refractivity contribution in [1.82, 2.24) is 5.48 Å². The maximum absolute atomic E-state index is 10.5. The molecule has 0 saturated carbocycles. The monoisotopic (exact) mass is 152 g/mol. The van der Waals surface area contributed by atoms with Gasteiger partial charge in [0.1, 0.15) is 5.76 Å². The maximum atomic E-state index is 10.5. The van der Waals surface area contributed by atoms with Crippen molar-refractivity contribution in [1.29, 1.82) is 0 Å². The van der Waals surface area contributed by atoms with E-state index in [9.17, 15) is 4.79 Å². The molecule has 0 spiro atoms. The molecule has 1 aliphatic heterocycles. The average molecular weight is 152 g/mol. The Labute approximate surface area is 96.2 Å². The van der Waals surface area contributed by atoms with Gasteiger partial charge in [-0.05, 0) is 6.92 Å². The molecule has 1 aliphatic rings. The van der Waals surface area contributed by atoms with Gasteiger partial charge in [0.2, 0.25) is 0 Å². The Morgan fingerprint density at radius 3 is 2.78 bits per heavy atom. The summed E-state index contributed by atoms with van der Waals surface area (Å²) in [5, 5.41) is 0. The summed E-state index contributed by atoms with van der Waals surface area (Å²) in [5.74, 6) is 0.690. The smallest absolute Gasteiger partial charge is 0.176 e. The molecule has 9 heavy (non-hydrogen) atoms. The molecule has 1 heterocycles. The van der Waals surface area contributed by atoms with Crippen molar-refractivity contribution in [2.24, 2.45) is 0 Å². The first-order valence-electron chi connectivity index (χ1n) is 2.40. The summed E-state index contributed by atoms with van der Waals surface area (Å²) >= 11 is 0. The minimum atomic E-state index is 0. The van der Waals surface area contributed by atoms with Crippen LogP contribution in [0.1, 0.15) is 6.92 Å². The molecule has 1 N–H and O–H groups in total. The molecule has 0 fully saturated rings. The summed E-state index contributed by atoms with van der Waals surface area (Å²) in [7, 11) is 0. The van der Waals surface area contributed by atoms with E-state index in [0.717, 1.165) is 0 Å². The molecule has 4 heteroatoms. The molecule has 0 aromatic carbocycles. The van der Waals surface area contributed by atoms with Crippen molar-refractivity contribution in [2.45, 2.75) is 6.92 Å². The third-order valence-electron chi connectivity index (χ3n) is 0.844. The normalized spacial score (nSPS) is 17.4. The van der Waals surface area contributed by atoms with E-state index < -0.39 is 0 Å². The predicted molar refractivity (Wildman–Crippen MR) is 33.6 cm³/mol. The third kappa shape index (κ3) is 3.49. The Kier molecular flexibility index (Phi) is 5.01. The molecule has 0 unspecified atom stereocenters. The molecule has 0 aromatic heterocycles. The van der Waals surface area contributed by atoms with Gasteiger partial charge in [-0.1, -0.05) is 0 Å². The summed E-state index contributed by atoms with van der Waals surface area (Å²) < 4.78 is 0. The molecular weight excluding hydrogens is 145 g/mol. The molecule has 0 saturated heterocycles. The number of hydroxylamine groups is 1. The number of carbonyl (C=O) groups excluding carboxylic acids is 1. The fourth-order valence-electron chi connectivity index (χ4n) is 0.528. The molecule has 0 amide bonds. The van der Waals surface area contributed by atoms with Crippen LogP contribution in [-0.4, -0.2) is 63.7 Å². The minimum Gasteiger partial charge on any atom is -0.413 e. The molecule has 0 bridgehead atoms. The van der Waals surface area contributed by atoms with E-state index in [1.807, 2.05) is 0 Å². The van der Waals surface area contributed by atoms with E-state index in [1.54, 1.807) is 6.92 Å².